The van der Waals surface area contributed by atoms with Crippen molar-refractivity contribution in [3.63, 3.8) is 0 Å². The van der Waals surface area contributed by atoms with Crippen LogP contribution >= 0.6 is 12.2 Å². The fourth-order valence-electron chi connectivity index (χ4n) is 3.87. The van der Waals surface area contributed by atoms with Crippen molar-refractivity contribution in [2.24, 2.45) is 5.92 Å². The van der Waals surface area contributed by atoms with Gasteiger partial charge in [-0.25, -0.2) is 0 Å². The van der Waals surface area contributed by atoms with E-state index in [-0.39, 0.29) is 0 Å². The fraction of sp³-hybridized carbons (Fsp3) is 0.444. The van der Waals surface area contributed by atoms with Crippen LogP contribution in [-0.2, 0) is 6.67 Å². The minimum Gasteiger partial charge on any atom is -0.316 e. The number of quaternary nitrogens is 1. The second-order valence-electron chi connectivity index (χ2n) is 6.93. The molecule has 0 bridgehead atoms. The Balaban J connectivity index is 1.81. The molecule has 1 unspecified atom stereocenters. The predicted octanol–water partition coefficient (Wildman–Crippen LogP) is 2.60. The number of nitrogens with one attached hydrogen (secondary N) is 1. The number of piperidine rings is 1. The van der Waals surface area contributed by atoms with Crippen LogP contribution in [0.4, 0.5) is 0 Å². The van der Waals surface area contributed by atoms with E-state index in [2.05, 4.69) is 48.6 Å². The normalized spacial score (nSPS) is 22.0. The van der Waals surface area contributed by atoms with Gasteiger partial charge in [-0.2, -0.15) is 4.68 Å². The Kier molecular flexibility index (Phi) is 3.70. The SMILES string of the molecule is Cc1cc2nn(C[NH+]3CCC[C@@H](C)C3)c(=S)n2c2ccccc12. The lowest BCUT2D eigenvalue weighted by atomic mass is 10.0. The van der Waals surface area contributed by atoms with Gasteiger partial charge in [-0.05, 0) is 49.7 Å². The first-order valence-corrected chi connectivity index (χ1v) is 8.86. The number of aromatic nitrogens is 3. The van der Waals surface area contributed by atoms with Crippen molar-refractivity contribution in [2.45, 2.75) is 33.4 Å². The first kappa shape index (κ1) is 14.8. The van der Waals surface area contributed by atoms with Crippen LogP contribution in [0.3, 0.4) is 0 Å². The smallest absolute Gasteiger partial charge is 0.207 e. The van der Waals surface area contributed by atoms with Crippen LogP contribution < -0.4 is 4.90 Å². The van der Waals surface area contributed by atoms with E-state index in [1.807, 2.05) is 4.68 Å². The summed E-state index contributed by atoms with van der Waals surface area (Å²) in [5.41, 5.74) is 3.36. The second-order valence-corrected chi connectivity index (χ2v) is 7.30. The highest BCUT2D eigenvalue weighted by atomic mass is 32.1. The van der Waals surface area contributed by atoms with Crippen molar-refractivity contribution in [1.82, 2.24) is 14.2 Å². The van der Waals surface area contributed by atoms with Gasteiger partial charge in [0.25, 0.3) is 0 Å². The first-order valence-electron chi connectivity index (χ1n) is 8.45. The van der Waals surface area contributed by atoms with Gasteiger partial charge >= 0.3 is 0 Å². The van der Waals surface area contributed by atoms with Crippen LogP contribution in [0.25, 0.3) is 16.6 Å². The minimum absolute atomic E-state index is 0.799. The number of aryl methyl sites for hydroxylation is 1. The third kappa shape index (κ3) is 2.58. The summed E-state index contributed by atoms with van der Waals surface area (Å²) < 4.78 is 4.94. The number of likely N-dealkylation sites (tertiary alicyclic amines) is 1. The van der Waals surface area contributed by atoms with Gasteiger partial charge in [0.05, 0.1) is 18.6 Å². The second kappa shape index (κ2) is 5.73. The minimum atomic E-state index is 0.799. The van der Waals surface area contributed by atoms with E-state index in [0.29, 0.717) is 0 Å². The maximum Gasteiger partial charge on any atom is 0.207 e. The highest BCUT2D eigenvalue weighted by molar-refractivity contribution is 7.71. The molecule has 3 aromatic rings. The van der Waals surface area contributed by atoms with E-state index in [1.165, 1.54) is 36.9 Å². The van der Waals surface area contributed by atoms with Gasteiger partial charge < -0.3 is 4.90 Å². The summed E-state index contributed by atoms with van der Waals surface area (Å²) in [6.45, 7) is 7.80. The van der Waals surface area contributed by atoms with Crippen LogP contribution in [0.5, 0.6) is 0 Å². The molecule has 1 N–H and O–H groups in total. The van der Waals surface area contributed by atoms with Crippen molar-refractivity contribution in [2.75, 3.05) is 13.1 Å². The lowest BCUT2D eigenvalue weighted by Gasteiger charge is -2.27. The maximum atomic E-state index is 5.75. The summed E-state index contributed by atoms with van der Waals surface area (Å²) in [5, 5.41) is 6.04. The number of hydrogen-bond acceptors (Lipinski definition) is 2. The molecule has 4 nitrogen and oxygen atoms in total. The Morgan fingerprint density at radius 1 is 1.35 bits per heavy atom. The van der Waals surface area contributed by atoms with E-state index in [1.54, 1.807) is 4.90 Å². The zero-order valence-electron chi connectivity index (χ0n) is 13.7. The van der Waals surface area contributed by atoms with Gasteiger partial charge in [-0.3, -0.25) is 4.40 Å². The van der Waals surface area contributed by atoms with Crippen molar-refractivity contribution < 1.29 is 4.90 Å². The van der Waals surface area contributed by atoms with E-state index >= 15 is 0 Å². The van der Waals surface area contributed by atoms with Crippen molar-refractivity contribution in [1.29, 1.82) is 0 Å². The molecule has 0 saturated carbocycles. The lowest BCUT2D eigenvalue weighted by molar-refractivity contribution is -0.931. The molecule has 4 rings (SSSR count). The van der Waals surface area contributed by atoms with Crippen molar-refractivity contribution in [3.05, 3.63) is 40.7 Å². The lowest BCUT2D eigenvalue weighted by Crippen LogP contribution is -3.12. The molecule has 2 atom stereocenters. The standard InChI is InChI=1S/C18H22N4S/c1-13-6-5-9-20(11-13)12-21-18(23)22-16-8-4-3-7-15(16)14(2)10-17(22)19-21/h3-4,7-8,10,13H,5-6,9,11-12H2,1-2H3/p+1/t13-/m1/s1. The zero-order valence-corrected chi connectivity index (χ0v) is 14.6. The monoisotopic (exact) mass is 327 g/mol. The summed E-state index contributed by atoms with van der Waals surface area (Å²) in [6, 6.07) is 10.6. The molecule has 1 aromatic carbocycles. The first-order chi connectivity index (χ1) is 11.1. The number of pyridine rings is 1. The molecule has 5 heteroatoms. The Morgan fingerprint density at radius 2 is 2.17 bits per heavy atom. The maximum absolute atomic E-state index is 5.75. The fourth-order valence-corrected chi connectivity index (χ4v) is 4.17. The number of hydrogen-bond donors (Lipinski definition) is 1. The van der Waals surface area contributed by atoms with Crippen LogP contribution in [0.1, 0.15) is 25.3 Å². The Morgan fingerprint density at radius 3 is 3.00 bits per heavy atom. The predicted molar refractivity (Wildman–Crippen MR) is 95.4 cm³/mol. The number of benzene rings is 1. The average molecular weight is 327 g/mol. The molecule has 1 fully saturated rings. The van der Waals surface area contributed by atoms with Crippen LogP contribution in [0, 0.1) is 17.6 Å². The topological polar surface area (TPSA) is 26.7 Å². The molecule has 0 radical (unpaired) electrons. The molecule has 1 aliphatic rings. The summed E-state index contributed by atoms with van der Waals surface area (Å²) in [4.78, 5) is 1.59. The number of nitrogens with zero attached hydrogens (tertiary/aromatic N) is 3. The molecular weight excluding hydrogens is 304 g/mol. The molecule has 23 heavy (non-hydrogen) atoms. The molecule has 1 saturated heterocycles. The van der Waals surface area contributed by atoms with Gasteiger partial charge in [-0.1, -0.05) is 25.1 Å². The Labute approximate surface area is 141 Å². The van der Waals surface area contributed by atoms with Crippen LogP contribution in [0.2, 0.25) is 0 Å². The molecule has 1 aliphatic heterocycles. The van der Waals surface area contributed by atoms with Gasteiger partial charge in [0.15, 0.2) is 12.3 Å². The number of rotatable bonds is 2. The quantitative estimate of drug-likeness (QED) is 0.733. The third-order valence-corrected chi connectivity index (χ3v) is 5.41. The molecular formula is C18H23N4S+. The van der Waals surface area contributed by atoms with Crippen LogP contribution in [-0.4, -0.2) is 27.3 Å². The Bertz CT molecular complexity index is 924. The molecule has 3 heterocycles. The highest BCUT2D eigenvalue weighted by Crippen LogP contribution is 2.21. The largest absolute Gasteiger partial charge is 0.316 e. The number of para-hydroxylation sites is 1. The number of fused-ring (bicyclic) bond motifs is 3. The third-order valence-electron chi connectivity index (χ3n) is 5.02. The van der Waals surface area contributed by atoms with Crippen molar-refractivity contribution >= 4 is 28.8 Å². The van der Waals surface area contributed by atoms with E-state index in [0.717, 1.165) is 28.5 Å². The molecule has 2 aromatic heterocycles. The van der Waals surface area contributed by atoms with E-state index in [9.17, 15) is 0 Å². The molecule has 120 valence electrons. The zero-order chi connectivity index (χ0) is 16.0. The summed E-state index contributed by atoms with van der Waals surface area (Å²) in [5.74, 6) is 0.799. The average Bonchev–Trinajstić information content (AvgIpc) is 2.84. The van der Waals surface area contributed by atoms with Gasteiger partial charge in [-0.15, -0.1) is 5.10 Å². The summed E-state index contributed by atoms with van der Waals surface area (Å²) >= 11 is 5.75. The van der Waals surface area contributed by atoms with Gasteiger partial charge in [0.1, 0.15) is 0 Å². The summed E-state index contributed by atoms with van der Waals surface area (Å²) in [6.07, 6.45) is 2.66. The van der Waals surface area contributed by atoms with Gasteiger partial charge in [0, 0.05) is 11.3 Å². The Hall–Kier alpha value is -1.72. The van der Waals surface area contributed by atoms with E-state index in [4.69, 9.17) is 17.3 Å². The van der Waals surface area contributed by atoms with E-state index < -0.39 is 0 Å². The van der Waals surface area contributed by atoms with Crippen LogP contribution in [0.15, 0.2) is 30.3 Å². The highest BCUT2D eigenvalue weighted by Gasteiger charge is 2.21. The molecule has 0 aliphatic carbocycles. The molecule has 0 spiro atoms. The van der Waals surface area contributed by atoms with Crippen molar-refractivity contribution in [3.8, 4) is 0 Å². The summed E-state index contributed by atoms with van der Waals surface area (Å²) in [7, 11) is 0. The molecule has 0 amide bonds. The van der Waals surface area contributed by atoms with Gasteiger partial charge in [0.2, 0.25) is 4.77 Å².